The van der Waals surface area contributed by atoms with E-state index in [1.165, 1.54) is 0 Å². The first-order valence-corrected chi connectivity index (χ1v) is 5.56. The third kappa shape index (κ3) is 2.12. The summed E-state index contributed by atoms with van der Waals surface area (Å²) in [6, 6.07) is 0. The number of aryl methyl sites for hydroxylation is 2. The number of carboxylic acids is 1. The Kier molecular flexibility index (Phi) is 2.82. The second-order valence-corrected chi connectivity index (χ2v) is 4.73. The maximum Gasteiger partial charge on any atom is 0.341 e. The summed E-state index contributed by atoms with van der Waals surface area (Å²) in [6.07, 6.45) is 0.857. The largest absolute Gasteiger partial charge is 0.477 e. The van der Waals surface area contributed by atoms with Crippen molar-refractivity contribution < 1.29 is 14.6 Å². The van der Waals surface area contributed by atoms with Crippen LogP contribution < -0.4 is 5.32 Å². The number of nitrogens with one attached hydrogen (secondary N) is 1. The van der Waals surface area contributed by atoms with Crippen molar-refractivity contribution in [3.05, 3.63) is 11.3 Å². The molecule has 2 rings (SSSR count). The van der Waals surface area contributed by atoms with E-state index in [0.717, 1.165) is 6.42 Å². The van der Waals surface area contributed by atoms with Crippen molar-refractivity contribution in [1.82, 2.24) is 9.78 Å². The molecule has 2 N–H and O–H groups in total. The quantitative estimate of drug-likeness (QED) is 0.823. The molecule has 0 saturated carbocycles. The van der Waals surface area contributed by atoms with Crippen LogP contribution in [0.3, 0.4) is 0 Å². The number of hydrogen-bond acceptors (Lipinski definition) is 4. The van der Waals surface area contributed by atoms with E-state index in [9.17, 15) is 9.90 Å². The maximum absolute atomic E-state index is 11.2. The molecule has 1 unspecified atom stereocenters. The van der Waals surface area contributed by atoms with Gasteiger partial charge >= 0.3 is 5.97 Å². The van der Waals surface area contributed by atoms with Gasteiger partial charge in [-0.05, 0) is 20.3 Å². The van der Waals surface area contributed by atoms with Crippen molar-refractivity contribution in [3.8, 4) is 0 Å². The molecule has 6 heteroatoms. The van der Waals surface area contributed by atoms with Gasteiger partial charge < -0.3 is 15.2 Å². The Hall–Kier alpha value is -1.56. The van der Waals surface area contributed by atoms with Gasteiger partial charge in [0.25, 0.3) is 0 Å². The van der Waals surface area contributed by atoms with Gasteiger partial charge in [-0.15, -0.1) is 0 Å². The van der Waals surface area contributed by atoms with Crippen LogP contribution in [0.15, 0.2) is 0 Å². The second kappa shape index (κ2) is 4.03. The van der Waals surface area contributed by atoms with Crippen molar-refractivity contribution in [2.75, 3.05) is 18.5 Å². The molecular weight excluding hydrogens is 222 g/mol. The number of ether oxygens (including phenoxy) is 1. The number of carboxylic acid groups (broad SMARTS) is 1. The van der Waals surface area contributed by atoms with Crippen LogP contribution >= 0.6 is 0 Å². The van der Waals surface area contributed by atoms with Crippen molar-refractivity contribution in [2.45, 2.75) is 25.8 Å². The Balaban J connectivity index is 2.34. The minimum atomic E-state index is -0.958. The van der Waals surface area contributed by atoms with E-state index in [1.807, 2.05) is 6.92 Å². The summed E-state index contributed by atoms with van der Waals surface area (Å²) in [7, 11) is 1.74. The summed E-state index contributed by atoms with van der Waals surface area (Å²) >= 11 is 0. The summed E-state index contributed by atoms with van der Waals surface area (Å²) in [4.78, 5) is 11.2. The van der Waals surface area contributed by atoms with E-state index < -0.39 is 5.97 Å². The zero-order valence-corrected chi connectivity index (χ0v) is 10.3. The molecule has 0 spiro atoms. The molecule has 1 aromatic heterocycles. The molecule has 1 aliphatic rings. The Bertz CT molecular complexity index is 447. The number of aromatic carboxylic acids is 1. The van der Waals surface area contributed by atoms with E-state index in [0.29, 0.717) is 24.7 Å². The predicted molar refractivity (Wildman–Crippen MR) is 62.4 cm³/mol. The molecule has 1 aromatic rings. The van der Waals surface area contributed by atoms with Gasteiger partial charge in [0.1, 0.15) is 11.4 Å². The van der Waals surface area contributed by atoms with Gasteiger partial charge in [0.15, 0.2) is 0 Å². The molecule has 0 amide bonds. The lowest BCUT2D eigenvalue weighted by Gasteiger charge is -2.25. The van der Waals surface area contributed by atoms with Crippen LogP contribution in [-0.4, -0.2) is 39.6 Å². The molecule has 1 atom stereocenters. The van der Waals surface area contributed by atoms with Crippen molar-refractivity contribution in [1.29, 1.82) is 0 Å². The molecule has 1 saturated heterocycles. The molecule has 0 aromatic carbocycles. The van der Waals surface area contributed by atoms with E-state index in [-0.39, 0.29) is 11.1 Å². The van der Waals surface area contributed by atoms with E-state index in [2.05, 4.69) is 10.4 Å². The highest BCUT2D eigenvalue weighted by Gasteiger charge is 2.32. The second-order valence-electron chi connectivity index (χ2n) is 4.73. The zero-order chi connectivity index (χ0) is 12.6. The lowest BCUT2D eigenvalue weighted by Crippen LogP contribution is -2.36. The molecule has 0 bridgehead atoms. The highest BCUT2D eigenvalue weighted by molar-refractivity contribution is 5.94. The Morgan fingerprint density at radius 2 is 2.35 bits per heavy atom. The van der Waals surface area contributed by atoms with Gasteiger partial charge in [-0.1, -0.05) is 0 Å². The lowest BCUT2D eigenvalue weighted by atomic mass is 10.0. The maximum atomic E-state index is 11.2. The highest BCUT2D eigenvalue weighted by atomic mass is 16.5. The first-order valence-electron chi connectivity index (χ1n) is 5.56. The number of carbonyl (C=O) groups is 1. The average molecular weight is 239 g/mol. The van der Waals surface area contributed by atoms with Gasteiger partial charge in [-0.25, -0.2) is 4.79 Å². The third-order valence-corrected chi connectivity index (χ3v) is 3.08. The number of anilines is 1. The Labute approximate surface area is 99.6 Å². The highest BCUT2D eigenvalue weighted by Crippen LogP contribution is 2.27. The fraction of sp³-hybridized carbons (Fsp3) is 0.636. The third-order valence-electron chi connectivity index (χ3n) is 3.08. The van der Waals surface area contributed by atoms with Crippen LogP contribution in [0.5, 0.6) is 0 Å². The van der Waals surface area contributed by atoms with Crippen molar-refractivity contribution >= 4 is 11.8 Å². The molecule has 0 radical (unpaired) electrons. The summed E-state index contributed by atoms with van der Waals surface area (Å²) in [5, 5.41) is 16.6. The van der Waals surface area contributed by atoms with Gasteiger partial charge in [0.05, 0.1) is 17.8 Å². The van der Waals surface area contributed by atoms with E-state index >= 15 is 0 Å². The minimum Gasteiger partial charge on any atom is -0.477 e. The topological polar surface area (TPSA) is 76.4 Å². The van der Waals surface area contributed by atoms with E-state index in [4.69, 9.17) is 4.74 Å². The Morgan fingerprint density at radius 1 is 1.65 bits per heavy atom. The normalized spacial score (nSPS) is 23.9. The first kappa shape index (κ1) is 11.9. The minimum absolute atomic E-state index is 0.218. The van der Waals surface area contributed by atoms with Crippen LogP contribution in [0.2, 0.25) is 0 Å². The van der Waals surface area contributed by atoms with Crippen LogP contribution in [0.4, 0.5) is 5.82 Å². The first-order chi connectivity index (χ1) is 7.93. The standard InChI is InChI=1S/C11H17N3O3/c1-7-8(10(15)16)9(14(3)13-7)12-11(2)4-5-17-6-11/h12H,4-6H2,1-3H3,(H,15,16). The van der Waals surface area contributed by atoms with Crippen molar-refractivity contribution in [2.24, 2.45) is 7.05 Å². The predicted octanol–water partition coefficient (Wildman–Crippen LogP) is 1.02. The van der Waals surface area contributed by atoms with E-state index in [1.54, 1.807) is 18.7 Å². The van der Waals surface area contributed by atoms with Gasteiger partial charge in [0.2, 0.25) is 0 Å². The number of rotatable bonds is 3. The van der Waals surface area contributed by atoms with Gasteiger partial charge in [0, 0.05) is 13.7 Å². The number of nitrogens with zero attached hydrogens (tertiary/aromatic N) is 2. The summed E-state index contributed by atoms with van der Waals surface area (Å²) in [5.41, 5.74) is 0.537. The molecular formula is C11H17N3O3. The fourth-order valence-electron chi connectivity index (χ4n) is 2.11. The Morgan fingerprint density at radius 3 is 2.88 bits per heavy atom. The summed E-state index contributed by atoms with van der Waals surface area (Å²) < 4.78 is 6.91. The summed E-state index contributed by atoms with van der Waals surface area (Å²) in [6.45, 7) is 5.00. The summed E-state index contributed by atoms with van der Waals surface area (Å²) in [5.74, 6) is -0.413. The molecule has 1 aliphatic heterocycles. The smallest absolute Gasteiger partial charge is 0.341 e. The SMILES string of the molecule is Cc1nn(C)c(NC2(C)CCOC2)c1C(=O)O. The zero-order valence-electron chi connectivity index (χ0n) is 10.3. The molecule has 0 aliphatic carbocycles. The van der Waals surface area contributed by atoms with Crippen LogP contribution in [0.25, 0.3) is 0 Å². The van der Waals surface area contributed by atoms with Gasteiger partial charge in [-0.3, -0.25) is 4.68 Å². The molecule has 1 fully saturated rings. The van der Waals surface area contributed by atoms with Crippen LogP contribution in [0, 0.1) is 6.92 Å². The van der Waals surface area contributed by atoms with Crippen LogP contribution in [0.1, 0.15) is 29.4 Å². The average Bonchev–Trinajstić information content (AvgIpc) is 2.73. The fourth-order valence-corrected chi connectivity index (χ4v) is 2.11. The lowest BCUT2D eigenvalue weighted by molar-refractivity contribution is 0.0697. The monoisotopic (exact) mass is 239 g/mol. The molecule has 6 nitrogen and oxygen atoms in total. The van der Waals surface area contributed by atoms with Crippen LogP contribution in [-0.2, 0) is 11.8 Å². The number of hydrogen-bond donors (Lipinski definition) is 2. The van der Waals surface area contributed by atoms with Gasteiger partial charge in [-0.2, -0.15) is 5.10 Å². The molecule has 2 heterocycles. The number of aromatic nitrogens is 2. The molecule has 17 heavy (non-hydrogen) atoms. The molecule has 94 valence electrons. The van der Waals surface area contributed by atoms with Crippen molar-refractivity contribution in [3.63, 3.8) is 0 Å².